The first-order valence-electron chi connectivity index (χ1n) is 19.3. The number of hydrogen-bond acceptors (Lipinski definition) is 7. The molecule has 0 bridgehead atoms. The van der Waals surface area contributed by atoms with E-state index in [9.17, 15) is 32.3 Å². The number of amides is 2. The first-order chi connectivity index (χ1) is 28.4. The number of anilines is 1. The Morgan fingerprint density at radius 2 is 1.70 bits per heavy atom. The predicted octanol–water partition coefficient (Wildman–Crippen LogP) is 7.17. The van der Waals surface area contributed by atoms with Crippen LogP contribution in [0.1, 0.15) is 85.4 Å². The molecule has 2 aliphatic carbocycles. The van der Waals surface area contributed by atoms with Gasteiger partial charge in [-0.05, 0) is 100 Å². The molecule has 3 aromatic heterocycles. The standard InChI is InChI=1S/C42H39ClF6N8O3/c1-41(2,60)11-10-24-6-7-25(26-8-9-29(43)34-37(26)55(3)54-40(34)52-31(58)19-56-12-4-5-13-56)35(50-24)30(16-21-14-22(44)17-23(45)15-21)51-32(59)20-57-38-33(36(53-57)39(46)47)27-18-28(27)42(38,48)49/h6-9,14-15,17,27-28,30,39,60H,4-5,12-13,16,18-20H2,1-3H3,(H,51,59)(H,52,54,58)/t27-,28+,30?/m0/s1. The van der Waals surface area contributed by atoms with Crippen molar-refractivity contribution in [2.75, 3.05) is 25.0 Å². The number of carbonyl (C=O) groups is 2. The first-order valence-corrected chi connectivity index (χ1v) is 19.7. The Morgan fingerprint density at radius 1 is 1.00 bits per heavy atom. The molecule has 2 amide bonds. The third kappa shape index (κ3) is 8.07. The van der Waals surface area contributed by atoms with E-state index in [1.165, 1.54) is 18.5 Å². The summed E-state index contributed by atoms with van der Waals surface area (Å²) < 4.78 is 90.5. The summed E-state index contributed by atoms with van der Waals surface area (Å²) >= 11 is 6.77. The summed E-state index contributed by atoms with van der Waals surface area (Å²) in [4.78, 5) is 34.0. The van der Waals surface area contributed by atoms with Crippen LogP contribution in [-0.2, 0) is 35.5 Å². The van der Waals surface area contributed by atoms with Gasteiger partial charge in [-0.2, -0.15) is 19.0 Å². The number of hydrogen-bond donors (Lipinski definition) is 3. The number of benzene rings is 2. The van der Waals surface area contributed by atoms with Gasteiger partial charge in [0.1, 0.15) is 40.9 Å². The molecule has 3 aliphatic rings. The number of halogens is 7. The molecule has 8 rings (SSSR count). The molecule has 3 N–H and O–H groups in total. The molecule has 2 aromatic carbocycles. The van der Waals surface area contributed by atoms with Crippen molar-refractivity contribution in [3.8, 4) is 23.0 Å². The predicted molar refractivity (Wildman–Crippen MR) is 209 cm³/mol. The van der Waals surface area contributed by atoms with E-state index in [4.69, 9.17) is 16.6 Å². The maximum absolute atomic E-state index is 15.5. The number of carbonyl (C=O) groups excluding carboxylic acids is 2. The summed E-state index contributed by atoms with van der Waals surface area (Å²) in [6.45, 7) is 3.78. The monoisotopic (exact) mass is 852 g/mol. The second-order valence-corrected chi connectivity index (χ2v) is 16.4. The fourth-order valence-electron chi connectivity index (χ4n) is 8.39. The number of pyridine rings is 1. The zero-order valence-corrected chi connectivity index (χ0v) is 33.4. The van der Waals surface area contributed by atoms with Crippen LogP contribution in [-0.4, -0.2) is 71.6 Å². The Hall–Kier alpha value is -5.44. The van der Waals surface area contributed by atoms with E-state index in [1.54, 1.807) is 31.3 Å². The number of aliphatic hydroxyl groups is 1. The molecule has 0 radical (unpaired) electrons. The molecule has 1 unspecified atom stereocenters. The third-order valence-electron chi connectivity index (χ3n) is 11.0. The average molecular weight is 853 g/mol. The van der Waals surface area contributed by atoms with Crippen LogP contribution in [0.3, 0.4) is 0 Å². The van der Waals surface area contributed by atoms with Gasteiger partial charge in [0.2, 0.25) is 11.8 Å². The molecule has 60 heavy (non-hydrogen) atoms. The van der Waals surface area contributed by atoms with Crippen LogP contribution in [0.25, 0.3) is 22.0 Å². The molecule has 18 heteroatoms. The van der Waals surface area contributed by atoms with E-state index in [1.807, 2.05) is 4.90 Å². The molecule has 1 aliphatic heterocycles. The lowest BCUT2D eigenvalue weighted by molar-refractivity contribution is -0.123. The smallest absolute Gasteiger partial charge is 0.293 e. The van der Waals surface area contributed by atoms with Gasteiger partial charge < -0.3 is 15.7 Å². The number of aromatic nitrogens is 5. The van der Waals surface area contributed by atoms with Crippen molar-refractivity contribution in [2.24, 2.45) is 13.0 Å². The van der Waals surface area contributed by atoms with Crippen molar-refractivity contribution in [3.63, 3.8) is 0 Å². The molecular weight excluding hydrogens is 814 g/mol. The Balaban J connectivity index is 1.24. The van der Waals surface area contributed by atoms with E-state index in [2.05, 4.69) is 32.7 Å². The number of aryl methyl sites for hydroxylation is 1. The van der Waals surface area contributed by atoms with Crippen molar-refractivity contribution >= 4 is 40.1 Å². The van der Waals surface area contributed by atoms with Crippen LogP contribution in [0.4, 0.5) is 32.2 Å². The largest absolute Gasteiger partial charge is 0.378 e. The van der Waals surface area contributed by atoms with Gasteiger partial charge in [0.25, 0.3) is 12.3 Å². The van der Waals surface area contributed by atoms with Crippen LogP contribution >= 0.6 is 11.6 Å². The maximum atomic E-state index is 15.5. The highest BCUT2D eigenvalue weighted by atomic mass is 35.5. The molecule has 2 fully saturated rings. The van der Waals surface area contributed by atoms with Gasteiger partial charge in [-0.3, -0.25) is 23.9 Å². The number of nitrogens with zero attached hydrogens (tertiary/aromatic N) is 6. The highest BCUT2D eigenvalue weighted by Crippen LogP contribution is 2.68. The minimum atomic E-state index is -3.49. The lowest BCUT2D eigenvalue weighted by atomic mass is 9.93. The molecule has 5 aromatic rings. The van der Waals surface area contributed by atoms with E-state index in [-0.39, 0.29) is 58.6 Å². The second kappa shape index (κ2) is 15.5. The molecule has 3 atom stereocenters. The zero-order chi connectivity index (χ0) is 42.8. The quantitative estimate of drug-likeness (QED) is 0.0950. The summed E-state index contributed by atoms with van der Waals surface area (Å²) in [7, 11) is 1.64. The van der Waals surface area contributed by atoms with Crippen LogP contribution in [0, 0.1) is 29.4 Å². The molecule has 1 saturated heterocycles. The Bertz CT molecular complexity index is 2590. The van der Waals surface area contributed by atoms with Gasteiger partial charge in [0, 0.05) is 35.7 Å². The van der Waals surface area contributed by atoms with Gasteiger partial charge in [0.05, 0.1) is 34.2 Å². The molecule has 0 spiro atoms. The summed E-state index contributed by atoms with van der Waals surface area (Å²) in [6, 6.07) is 7.95. The topological polar surface area (TPSA) is 130 Å². The lowest BCUT2D eigenvalue weighted by Crippen LogP contribution is -2.35. The number of alkyl halides is 4. The van der Waals surface area contributed by atoms with Crippen LogP contribution in [0.2, 0.25) is 5.02 Å². The Kier molecular flexibility index (Phi) is 10.7. The van der Waals surface area contributed by atoms with Gasteiger partial charge in [-0.15, -0.1) is 0 Å². The molecule has 314 valence electrons. The summed E-state index contributed by atoms with van der Waals surface area (Å²) in [5, 5.41) is 25.0. The van der Waals surface area contributed by atoms with Crippen molar-refractivity contribution in [1.82, 2.24) is 34.8 Å². The van der Waals surface area contributed by atoms with E-state index in [0.717, 1.165) is 38.1 Å². The first kappa shape index (κ1) is 41.3. The molecule has 4 heterocycles. The number of likely N-dealkylation sites (tertiary alicyclic amines) is 1. The van der Waals surface area contributed by atoms with Crippen molar-refractivity contribution in [1.29, 1.82) is 0 Å². The summed E-state index contributed by atoms with van der Waals surface area (Å²) in [5.41, 5.74) is -1.70. The zero-order valence-electron chi connectivity index (χ0n) is 32.6. The highest BCUT2D eigenvalue weighted by Gasteiger charge is 2.67. The second-order valence-electron chi connectivity index (χ2n) is 16.0. The maximum Gasteiger partial charge on any atom is 0.293 e. The summed E-state index contributed by atoms with van der Waals surface area (Å²) in [5.74, 6) is -2.81. The van der Waals surface area contributed by atoms with Gasteiger partial charge in [-0.1, -0.05) is 23.6 Å². The van der Waals surface area contributed by atoms with Gasteiger partial charge in [0.15, 0.2) is 5.82 Å². The molecular formula is C42H39ClF6N8O3. The van der Waals surface area contributed by atoms with Gasteiger partial charge >= 0.3 is 0 Å². The van der Waals surface area contributed by atoms with Crippen molar-refractivity contribution < 1.29 is 41.0 Å². The van der Waals surface area contributed by atoms with Crippen molar-refractivity contribution in [3.05, 3.63) is 93.0 Å². The minimum Gasteiger partial charge on any atom is -0.378 e. The average Bonchev–Trinajstić information content (AvgIpc) is 3.36. The third-order valence-corrected chi connectivity index (χ3v) is 11.3. The van der Waals surface area contributed by atoms with Crippen LogP contribution in [0.15, 0.2) is 42.5 Å². The van der Waals surface area contributed by atoms with E-state index >= 15 is 8.78 Å². The van der Waals surface area contributed by atoms with Crippen LogP contribution in [0.5, 0.6) is 0 Å². The minimum absolute atomic E-state index is 0.0338. The highest BCUT2D eigenvalue weighted by molar-refractivity contribution is 6.37. The lowest BCUT2D eigenvalue weighted by Gasteiger charge is -2.23. The fourth-order valence-corrected chi connectivity index (χ4v) is 8.63. The summed E-state index contributed by atoms with van der Waals surface area (Å²) in [6.07, 6.45) is -1.44. The number of rotatable bonds is 11. The van der Waals surface area contributed by atoms with Crippen molar-refractivity contribution in [2.45, 2.75) is 76.0 Å². The molecule has 11 nitrogen and oxygen atoms in total. The number of fused-ring (bicyclic) bond motifs is 4. The number of nitrogens with one attached hydrogen (secondary N) is 2. The molecule has 1 saturated carbocycles. The Morgan fingerprint density at radius 3 is 2.38 bits per heavy atom. The van der Waals surface area contributed by atoms with Gasteiger partial charge in [-0.25, -0.2) is 22.5 Å². The van der Waals surface area contributed by atoms with Crippen LogP contribution < -0.4 is 10.6 Å². The SMILES string of the molecule is Cn1nc(NC(=O)CN2CCCC2)c2c(Cl)ccc(-c3ccc(C#CC(C)(C)O)nc3C(Cc3cc(F)cc(F)c3)NC(=O)Cn3nc(C(F)F)c4c3C(F)(F)[C@@H]3C[C@H]43)c21. The van der Waals surface area contributed by atoms with E-state index in [0.29, 0.717) is 32.8 Å². The normalized spacial score (nSPS) is 18.6. The van der Waals surface area contributed by atoms with E-state index < -0.39 is 71.3 Å². The fraction of sp³-hybridized carbons (Fsp3) is 0.405. The Labute approximate surface area is 345 Å².